The molecule has 0 aliphatic heterocycles. The fraction of sp³-hybridized carbons (Fsp3) is 0.176. The molecule has 0 aliphatic carbocycles. The quantitative estimate of drug-likeness (QED) is 0.824. The minimum absolute atomic E-state index is 0.204. The topological polar surface area (TPSA) is 78.6 Å². The number of nitrogens with two attached hydrogens (primary N) is 1. The standard InChI is InChI=1S/C17H16ClNO4/c1-11(16(19)20)23-17(21)13-7-3-5-9-15(13)22-10-12-6-2-4-8-14(12)18/h2-9,11H,10H2,1H3,(H2,19,20)/t11-/m1/s1. The highest BCUT2D eigenvalue weighted by atomic mass is 35.5. The Balaban J connectivity index is 2.13. The van der Waals surface area contributed by atoms with Crippen LogP contribution in [0.5, 0.6) is 5.75 Å². The number of benzene rings is 2. The van der Waals surface area contributed by atoms with E-state index in [1.54, 1.807) is 30.3 Å². The van der Waals surface area contributed by atoms with Gasteiger partial charge in [0.25, 0.3) is 5.91 Å². The lowest BCUT2D eigenvalue weighted by atomic mass is 10.2. The molecule has 0 saturated carbocycles. The second-order valence-electron chi connectivity index (χ2n) is 4.83. The predicted octanol–water partition coefficient (Wildman–Crippen LogP) is 2.95. The van der Waals surface area contributed by atoms with Gasteiger partial charge in [-0.2, -0.15) is 0 Å². The van der Waals surface area contributed by atoms with E-state index in [4.69, 9.17) is 26.8 Å². The summed E-state index contributed by atoms with van der Waals surface area (Å²) in [5.74, 6) is -1.05. The van der Waals surface area contributed by atoms with Gasteiger partial charge in [0.2, 0.25) is 0 Å². The SMILES string of the molecule is C[C@@H](OC(=O)c1ccccc1OCc1ccccc1Cl)C(N)=O. The number of carbonyl (C=O) groups excluding carboxylic acids is 2. The van der Waals surface area contributed by atoms with E-state index in [-0.39, 0.29) is 12.2 Å². The van der Waals surface area contributed by atoms with Crippen LogP contribution in [-0.4, -0.2) is 18.0 Å². The van der Waals surface area contributed by atoms with Crippen molar-refractivity contribution < 1.29 is 19.1 Å². The minimum Gasteiger partial charge on any atom is -0.488 e. The van der Waals surface area contributed by atoms with Crippen LogP contribution in [0.1, 0.15) is 22.8 Å². The molecule has 0 bridgehead atoms. The molecule has 5 nitrogen and oxygen atoms in total. The van der Waals surface area contributed by atoms with Gasteiger partial charge in [0.15, 0.2) is 6.10 Å². The van der Waals surface area contributed by atoms with Gasteiger partial charge in [-0.15, -0.1) is 0 Å². The van der Waals surface area contributed by atoms with Crippen molar-refractivity contribution in [2.75, 3.05) is 0 Å². The molecule has 2 aromatic carbocycles. The molecular formula is C17H16ClNO4. The third-order valence-corrected chi connectivity index (χ3v) is 3.50. The summed E-state index contributed by atoms with van der Waals surface area (Å²) in [7, 11) is 0. The molecule has 2 N–H and O–H groups in total. The predicted molar refractivity (Wildman–Crippen MR) is 86.3 cm³/mol. The molecule has 1 amide bonds. The molecule has 0 saturated heterocycles. The first-order valence-corrected chi connectivity index (χ1v) is 7.32. The molecule has 120 valence electrons. The van der Waals surface area contributed by atoms with Crippen molar-refractivity contribution in [3.8, 4) is 5.75 Å². The number of primary amides is 1. The summed E-state index contributed by atoms with van der Waals surface area (Å²) >= 11 is 6.07. The van der Waals surface area contributed by atoms with Gasteiger partial charge < -0.3 is 15.2 Å². The number of para-hydroxylation sites is 1. The van der Waals surface area contributed by atoms with Crippen molar-refractivity contribution in [1.82, 2.24) is 0 Å². The van der Waals surface area contributed by atoms with Crippen molar-refractivity contribution >= 4 is 23.5 Å². The summed E-state index contributed by atoms with van der Waals surface area (Å²) in [6.07, 6.45) is -1.01. The van der Waals surface area contributed by atoms with Crippen LogP contribution in [0.25, 0.3) is 0 Å². The van der Waals surface area contributed by atoms with Crippen molar-refractivity contribution in [3.63, 3.8) is 0 Å². The molecule has 23 heavy (non-hydrogen) atoms. The Morgan fingerprint density at radius 2 is 1.78 bits per heavy atom. The number of halogens is 1. The van der Waals surface area contributed by atoms with Gasteiger partial charge in [0.05, 0.1) is 0 Å². The molecule has 1 atom stereocenters. The van der Waals surface area contributed by atoms with Gasteiger partial charge in [0, 0.05) is 10.6 Å². The van der Waals surface area contributed by atoms with E-state index in [1.807, 2.05) is 18.2 Å². The van der Waals surface area contributed by atoms with Gasteiger partial charge in [-0.3, -0.25) is 4.79 Å². The molecule has 0 radical (unpaired) electrons. The number of carbonyl (C=O) groups is 2. The van der Waals surface area contributed by atoms with E-state index in [0.717, 1.165) is 5.56 Å². The van der Waals surface area contributed by atoms with Crippen LogP contribution in [0, 0.1) is 0 Å². The normalized spacial score (nSPS) is 11.6. The van der Waals surface area contributed by atoms with Gasteiger partial charge >= 0.3 is 5.97 Å². The number of ether oxygens (including phenoxy) is 2. The number of hydrogen-bond acceptors (Lipinski definition) is 4. The van der Waals surface area contributed by atoms with Crippen molar-refractivity contribution in [1.29, 1.82) is 0 Å². The Hall–Kier alpha value is -2.53. The zero-order valence-electron chi connectivity index (χ0n) is 12.5. The maximum Gasteiger partial charge on any atom is 0.342 e. The number of esters is 1. The summed E-state index contributed by atoms with van der Waals surface area (Å²) in [5.41, 5.74) is 6.10. The van der Waals surface area contributed by atoms with Crippen molar-refractivity contribution in [3.05, 3.63) is 64.7 Å². The summed E-state index contributed by atoms with van der Waals surface area (Å²) in [5, 5.41) is 0.579. The molecule has 0 heterocycles. The zero-order chi connectivity index (χ0) is 16.8. The second-order valence-corrected chi connectivity index (χ2v) is 5.23. The summed E-state index contributed by atoms with van der Waals surface area (Å²) < 4.78 is 10.7. The fourth-order valence-electron chi connectivity index (χ4n) is 1.81. The average Bonchev–Trinajstić information content (AvgIpc) is 2.54. The highest BCUT2D eigenvalue weighted by molar-refractivity contribution is 6.31. The highest BCUT2D eigenvalue weighted by Crippen LogP contribution is 2.23. The van der Waals surface area contributed by atoms with Gasteiger partial charge in [-0.25, -0.2) is 4.79 Å². The molecule has 6 heteroatoms. The van der Waals surface area contributed by atoms with Crippen LogP contribution >= 0.6 is 11.6 Å². The second kappa shape index (κ2) is 7.65. The van der Waals surface area contributed by atoms with E-state index < -0.39 is 18.0 Å². The van der Waals surface area contributed by atoms with E-state index >= 15 is 0 Å². The van der Waals surface area contributed by atoms with Crippen LogP contribution in [-0.2, 0) is 16.1 Å². The zero-order valence-corrected chi connectivity index (χ0v) is 13.2. The first kappa shape index (κ1) is 16.8. The summed E-state index contributed by atoms with van der Waals surface area (Å²) in [4.78, 5) is 23.1. The number of rotatable bonds is 6. The fourth-order valence-corrected chi connectivity index (χ4v) is 2.00. The van der Waals surface area contributed by atoms with Crippen LogP contribution in [0.2, 0.25) is 5.02 Å². The summed E-state index contributed by atoms with van der Waals surface area (Å²) in [6.45, 7) is 1.61. The maximum absolute atomic E-state index is 12.1. The van der Waals surface area contributed by atoms with Crippen LogP contribution < -0.4 is 10.5 Å². The van der Waals surface area contributed by atoms with Crippen LogP contribution in [0.4, 0.5) is 0 Å². The highest BCUT2D eigenvalue weighted by Gasteiger charge is 2.19. The average molecular weight is 334 g/mol. The van der Waals surface area contributed by atoms with E-state index in [2.05, 4.69) is 0 Å². The van der Waals surface area contributed by atoms with Crippen LogP contribution in [0.3, 0.4) is 0 Å². The smallest absolute Gasteiger partial charge is 0.342 e. The third-order valence-electron chi connectivity index (χ3n) is 3.13. The largest absolute Gasteiger partial charge is 0.488 e. The molecule has 0 fully saturated rings. The number of hydrogen-bond donors (Lipinski definition) is 1. The lowest BCUT2D eigenvalue weighted by Crippen LogP contribution is -2.30. The van der Waals surface area contributed by atoms with Gasteiger partial charge in [0.1, 0.15) is 17.9 Å². The Morgan fingerprint density at radius 3 is 2.48 bits per heavy atom. The van der Waals surface area contributed by atoms with E-state index in [9.17, 15) is 9.59 Å². The molecular weight excluding hydrogens is 318 g/mol. The molecule has 0 aliphatic rings. The Bertz CT molecular complexity index is 717. The van der Waals surface area contributed by atoms with E-state index in [0.29, 0.717) is 10.8 Å². The monoisotopic (exact) mass is 333 g/mol. The van der Waals surface area contributed by atoms with E-state index in [1.165, 1.54) is 6.92 Å². The molecule has 2 aromatic rings. The molecule has 2 rings (SSSR count). The summed E-state index contributed by atoms with van der Waals surface area (Å²) in [6, 6.07) is 13.9. The first-order chi connectivity index (χ1) is 11.0. The Kier molecular flexibility index (Phi) is 5.60. The van der Waals surface area contributed by atoms with Crippen molar-refractivity contribution in [2.45, 2.75) is 19.6 Å². The third kappa shape index (κ3) is 4.47. The first-order valence-electron chi connectivity index (χ1n) is 6.94. The Morgan fingerprint density at radius 1 is 1.13 bits per heavy atom. The molecule has 0 unspecified atom stereocenters. The minimum atomic E-state index is -1.01. The van der Waals surface area contributed by atoms with Gasteiger partial charge in [-0.05, 0) is 25.1 Å². The Labute approximate surface area is 139 Å². The lowest BCUT2D eigenvalue weighted by Gasteiger charge is -2.13. The molecule has 0 aromatic heterocycles. The lowest BCUT2D eigenvalue weighted by molar-refractivity contribution is -0.125. The number of amides is 1. The maximum atomic E-state index is 12.1. The van der Waals surface area contributed by atoms with Crippen molar-refractivity contribution in [2.24, 2.45) is 5.73 Å². The van der Waals surface area contributed by atoms with Crippen LogP contribution in [0.15, 0.2) is 48.5 Å². The van der Waals surface area contributed by atoms with Gasteiger partial charge in [-0.1, -0.05) is 41.9 Å². The molecule has 0 spiro atoms.